The van der Waals surface area contributed by atoms with Crippen LogP contribution in [0.15, 0.2) is 11.8 Å². The van der Waals surface area contributed by atoms with Crippen molar-refractivity contribution in [2.24, 2.45) is 0 Å². The number of carbonyl (C=O) groups is 1. The maximum atomic E-state index is 10.9. The van der Waals surface area contributed by atoms with Crippen LogP contribution in [-0.4, -0.2) is 19.6 Å². The average molecular weight is 171 g/mol. The molecule has 0 aliphatic heterocycles. The summed E-state index contributed by atoms with van der Waals surface area (Å²) in [5.74, 6) is -0.268. The van der Waals surface area contributed by atoms with Crippen molar-refractivity contribution in [2.45, 2.75) is 26.7 Å². The predicted octanol–water partition coefficient (Wildman–Crippen LogP) is 1.45. The Balaban J connectivity index is 3.98. The van der Waals surface area contributed by atoms with E-state index in [0.717, 1.165) is 18.5 Å². The van der Waals surface area contributed by atoms with E-state index in [1.807, 2.05) is 0 Å². The number of hydrogen-bond donors (Lipinski definition) is 1. The zero-order chi connectivity index (χ0) is 9.40. The van der Waals surface area contributed by atoms with Crippen LogP contribution in [0.4, 0.5) is 0 Å². The summed E-state index contributed by atoms with van der Waals surface area (Å²) >= 11 is 0. The van der Waals surface area contributed by atoms with Gasteiger partial charge < -0.3 is 10.1 Å². The first-order chi connectivity index (χ1) is 5.74. The molecule has 0 fully saturated rings. The Kier molecular flexibility index (Phi) is 6.15. The Morgan fingerprint density at radius 3 is 2.58 bits per heavy atom. The van der Waals surface area contributed by atoms with Crippen LogP contribution < -0.4 is 5.32 Å². The van der Waals surface area contributed by atoms with Gasteiger partial charge in [-0.15, -0.1) is 0 Å². The van der Waals surface area contributed by atoms with Gasteiger partial charge in [0.05, 0.1) is 6.61 Å². The minimum atomic E-state index is -0.268. The van der Waals surface area contributed by atoms with Gasteiger partial charge in [-0.3, -0.25) is 0 Å². The number of carbonyl (C=O) groups excluding carboxylic acids is 1. The topological polar surface area (TPSA) is 38.3 Å². The molecule has 0 aliphatic rings. The first kappa shape index (κ1) is 11.0. The van der Waals surface area contributed by atoms with E-state index in [1.165, 1.54) is 6.08 Å². The zero-order valence-electron chi connectivity index (χ0n) is 8.02. The summed E-state index contributed by atoms with van der Waals surface area (Å²) in [6.07, 6.45) is 3.41. The van der Waals surface area contributed by atoms with Gasteiger partial charge in [0, 0.05) is 18.8 Å². The third kappa shape index (κ3) is 4.77. The van der Waals surface area contributed by atoms with E-state index in [9.17, 15) is 4.79 Å². The standard InChI is InChI=1S/C9H17NO2/c1-4-6-8(10-3)7-9(11)12-5-2/h7,10H,4-6H2,1-3H3. The van der Waals surface area contributed by atoms with E-state index in [-0.39, 0.29) is 5.97 Å². The second kappa shape index (κ2) is 6.70. The molecular weight excluding hydrogens is 154 g/mol. The first-order valence-electron chi connectivity index (χ1n) is 4.29. The molecule has 70 valence electrons. The third-order valence-electron chi connectivity index (χ3n) is 1.42. The van der Waals surface area contributed by atoms with Gasteiger partial charge in [0.1, 0.15) is 0 Å². The molecule has 0 aliphatic carbocycles. The molecule has 0 saturated carbocycles. The van der Waals surface area contributed by atoms with E-state index in [1.54, 1.807) is 14.0 Å². The molecule has 0 unspecified atom stereocenters. The number of hydrogen-bond acceptors (Lipinski definition) is 3. The van der Waals surface area contributed by atoms with Crippen molar-refractivity contribution >= 4 is 5.97 Å². The molecule has 0 heterocycles. The van der Waals surface area contributed by atoms with Gasteiger partial charge in [0.2, 0.25) is 0 Å². The van der Waals surface area contributed by atoms with Gasteiger partial charge in [-0.05, 0) is 13.3 Å². The number of ether oxygens (including phenoxy) is 1. The highest BCUT2D eigenvalue weighted by molar-refractivity contribution is 5.82. The molecule has 0 aromatic heterocycles. The van der Waals surface area contributed by atoms with Gasteiger partial charge in [-0.1, -0.05) is 13.3 Å². The van der Waals surface area contributed by atoms with Crippen molar-refractivity contribution in [1.29, 1.82) is 0 Å². The average Bonchev–Trinajstić information content (AvgIpc) is 2.04. The Labute approximate surface area is 73.8 Å². The molecule has 0 aromatic carbocycles. The van der Waals surface area contributed by atoms with Crippen LogP contribution in [0.3, 0.4) is 0 Å². The quantitative estimate of drug-likeness (QED) is 0.502. The lowest BCUT2D eigenvalue weighted by Crippen LogP contribution is -2.09. The smallest absolute Gasteiger partial charge is 0.332 e. The summed E-state index contributed by atoms with van der Waals surface area (Å²) in [7, 11) is 1.81. The molecule has 0 atom stereocenters. The van der Waals surface area contributed by atoms with Crippen molar-refractivity contribution in [3.63, 3.8) is 0 Å². The van der Waals surface area contributed by atoms with Crippen LogP contribution in [-0.2, 0) is 9.53 Å². The Hall–Kier alpha value is -0.990. The molecule has 3 heteroatoms. The van der Waals surface area contributed by atoms with Crippen molar-refractivity contribution in [2.75, 3.05) is 13.7 Å². The molecule has 0 aromatic rings. The number of rotatable bonds is 5. The summed E-state index contributed by atoms with van der Waals surface area (Å²) in [4.78, 5) is 10.9. The Morgan fingerprint density at radius 2 is 2.17 bits per heavy atom. The lowest BCUT2D eigenvalue weighted by Gasteiger charge is -2.04. The van der Waals surface area contributed by atoms with Gasteiger partial charge in [0.25, 0.3) is 0 Å². The maximum Gasteiger partial charge on any atom is 0.332 e. The summed E-state index contributed by atoms with van der Waals surface area (Å²) in [5.41, 5.74) is 0.927. The highest BCUT2D eigenvalue weighted by Gasteiger charge is 1.98. The van der Waals surface area contributed by atoms with E-state index < -0.39 is 0 Å². The third-order valence-corrected chi connectivity index (χ3v) is 1.42. The van der Waals surface area contributed by atoms with Crippen LogP contribution in [0.2, 0.25) is 0 Å². The van der Waals surface area contributed by atoms with Crippen LogP contribution in [0, 0.1) is 0 Å². The molecule has 0 spiro atoms. The summed E-state index contributed by atoms with van der Waals surface area (Å²) < 4.78 is 4.77. The lowest BCUT2D eigenvalue weighted by molar-refractivity contribution is -0.137. The Morgan fingerprint density at radius 1 is 1.50 bits per heavy atom. The fourth-order valence-electron chi connectivity index (χ4n) is 0.865. The monoisotopic (exact) mass is 171 g/mol. The van der Waals surface area contributed by atoms with E-state index in [0.29, 0.717) is 6.61 Å². The molecule has 3 nitrogen and oxygen atoms in total. The van der Waals surface area contributed by atoms with Crippen LogP contribution in [0.1, 0.15) is 26.7 Å². The number of allylic oxidation sites excluding steroid dienone is 1. The van der Waals surface area contributed by atoms with Crippen LogP contribution in [0.25, 0.3) is 0 Å². The lowest BCUT2D eigenvalue weighted by atomic mass is 10.2. The van der Waals surface area contributed by atoms with Crippen molar-refractivity contribution in [3.8, 4) is 0 Å². The fraction of sp³-hybridized carbons (Fsp3) is 0.667. The van der Waals surface area contributed by atoms with Crippen molar-refractivity contribution in [3.05, 3.63) is 11.8 Å². The summed E-state index contributed by atoms with van der Waals surface area (Å²) in [6, 6.07) is 0. The minimum Gasteiger partial charge on any atom is -0.463 e. The van der Waals surface area contributed by atoms with Crippen LogP contribution >= 0.6 is 0 Å². The van der Waals surface area contributed by atoms with Crippen LogP contribution in [0.5, 0.6) is 0 Å². The van der Waals surface area contributed by atoms with Gasteiger partial charge in [-0.25, -0.2) is 4.79 Å². The highest BCUT2D eigenvalue weighted by Crippen LogP contribution is 1.99. The molecule has 1 N–H and O–H groups in total. The molecule has 0 amide bonds. The minimum absolute atomic E-state index is 0.268. The molecule has 0 rings (SSSR count). The normalized spacial score (nSPS) is 11.1. The molecular formula is C9H17NO2. The largest absolute Gasteiger partial charge is 0.463 e. The highest BCUT2D eigenvalue weighted by atomic mass is 16.5. The second-order valence-electron chi connectivity index (χ2n) is 2.42. The van der Waals surface area contributed by atoms with Gasteiger partial charge in [-0.2, -0.15) is 0 Å². The van der Waals surface area contributed by atoms with E-state index in [4.69, 9.17) is 4.74 Å². The molecule has 12 heavy (non-hydrogen) atoms. The van der Waals surface area contributed by atoms with Gasteiger partial charge in [0.15, 0.2) is 0 Å². The SMILES string of the molecule is CCCC(=CC(=O)OCC)NC. The fourth-order valence-corrected chi connectivity index (χ4v) is 0.865. The molecule has 0 radical (unpaired) electrons. The van der Waals surface area contributed by atoms with Crippen molar-refractivity contribution < 1.29 is 9.53 Å². The Bertz CT molecular complexity index is 164. The van der Waals surface area contributed by atoms with Crippen molar-refractivity contribution in [1.82, 2.24) is 5.32 Å². The summed E-state index contributed by atoms with van der Waals surface area (Å²) in [5, 5.41) is 2.95. The molecule has 0 bridgehead atoms. The predicted molar refractivity (Wildman–Crippen MR) is 48.7 cm³/mol. The van der Waals surface area contributed by atoms with E-state index in [2.05, 4.69) is 12.2 Å². The van der Waals surface area contributed by atoms with Gasteiger partial charge >= 0.3 is 5.97 Å². The maximum absolute atomic E-state index is 10.9. The number of nitrogens with one attached hydrogen (secondary N) is 1. The zero-order valence-corrected chi connectivity index (χ0v) is 8.02. The van der Waals surface area contributed by atoms with E-state index >= 15 is 0 Å². The second-order valence-corrected chi connectivity index (χ2v) is 2.42. The first-order valence-corrected chi connectivity index (χ1v) is 4.29. The molecule has 0 saturated heterocycles. The summed E-state index contributed by atoms with van der Waals surface area (Å²) in [6.45, 7) is 4.29. The number of esters is 1.